The predicted octanol–water partition coefficient (Wildman–Crippen LogP) is 3.10. The Morgan fingerprint density at radius 3 is 2.67 bits per heavy atom. The number of nitrogens with zero attached hydrogens (tertiary/aromatic N) is 3. The Balaban J connectivity index is 1.42. The van der Waals surface area contributed by atoms with Crippen LogP contribution in [0.15, 0.2) is 54.7 Å². The van der Waals surface area contributed by atoms with Crippen LogP contribution in [0.3, 0.4) is 0 Å². The molecular weight excluding hydrogens is 378 g/mol. The van der Waals surface area contributed by atoms with Crippen LogP contribution in [-0.4, -0.2) is 61.8 Å². The SMILES string of the molecule is O=C1COCc2cc(-c3cnc4ccccc4c3)ccc2N1CCN1CCOCC1. The number of benzene rings is 2. The van der Waals surface area contributed by atoms with Crippen molar-refractivity contribution in [3.05, 3.63) is 60.3 Å². The van der Waals surface area contributed by atoms with Gasteiger partial charge < -0.3 is 14.4 Å². The highest BCUT2D eigenvalue weighted by Gasteiger charge is 2.24. The molecule has 0 N–H and O–H groups in total. The molecule has 2 aromatic carbocycles. The lowest BCUT2D eigenvalue weighted by Gasteiger charge is -2.30. The summed E-state index contributed by atoms with van der Waals surface area (Å²) in [7, 11) is 0. The van der Waals surface area contributed by atoms with Gasteiger partial charge in [-0.1, -0.05) is 24.3 Å². The molecule has 0 aliphatic carbocycles. The normalized spacial score (nSPS) is 17.7. The topological polar surface area (TPSA) is 54.9 Å². The van der Waals surface area contributed by atoms with Gasteiger partial charge in [0.1, 0.15) is 6.61 Å². The third-order valence-electron chi connectivity index (χ3n) is 5.82. The number of ether oxygens (including phenoxy) is 2. The van der Waals surface area contributed by atoms with Crippen molar-refractivity contribution >= 4 is 22.5 Å². The number of aromatic nitrogens is 1. The van der Waals surface area contributed by atoms with Gasteiger partial charge in [-0.25, -0.2) is 0 Å². The van der Waals surface area contributed by atoms with Gasteiger partial charge in [-0.2, -0.15) is 0 Å². The maximum atomic E-state index is 12.7. The van der Waals surface area contributed by atoms with Gasteiger partial charge in [-0.3, -0.25) is 14.7 Å². The quantitative estimate of drug-likeness (QED) is 0.670. The molecule has 1 saturated heterocycles. The van der Waals surface area contributed by atoms with Gasteiger partial charge in [-0.15, -0.1) is 0 Å². The molecule has 1 amide bonds. The van der Waals surface area contributed by atoms with Crippen LogP contribution in [0.1, 0.15) is 5.56 Å². The number of hydrogen-bond donors (Lipinski definition) is 0. The highest BCUT2D eigenvalue weighted by Crippen LogP contribution is 2.31. The molecule has 0 saturated carbocycles. The van der Waals surface area contributed by atoms with Crippen LogP contribution in [0.2, 0.25) is 0 Å². The van der Waals surface area contributed by atoms with E-state index in [4.69, 9.17) is 9.47 Å². The Hall–Kier alpha value is -2.80. The average Bonchev–Trinajstić information content (AvgIpc) is 2.95. The molecule has 0 unspecified atom stereocenters. The molecule has 3 heterocycles. The molecule has 1 fully saturated rings. The highest BCUT2D eigenvalue weighted by atomic mass is 16.5. The molecule has 1 aromatic heterocycles. The Labute approximate surface area is 176 Å². The van der Waals surface area contributed by atoms with Crippen LogP contribution in [0.25, 0.3) is 22.0 Å². The molecule has 0 atom stereocenters. The number of carbonyl (C=O) groups is 1. The summed E-state index contributed by atoms with van der Waals surface area (Å²) in [6.07, 6.45) is 1.91. The number of rotatable bonds is 4. The molecule has 0 radical (unpaired) electrons. The van der Waals surface area contributed by atoms with Crippen LogP contribution in [0.5, 0.6) is 0 Å². The maximum Gasteiger partial charge on any atom is 0.253 e. The fourth-order valence-electron chi connectivity index (χ4n) is 4.14. The second-order valence-corrected chi connectivity index (χ2v) is 7.75. The van der Waals surface area contributed by atoms with Gasteiger partial charge in [0.2, 0.25) is 0 Å². The summed E-state index contributed by atoms with van der Waals surface area (Å²) in [5, 5.41) is 1.11. The molecule has 0 bridgehead atoms. The second kappa shape index (κ2) is 8.52. The Kier molecular flexibility index (Phi) is 5.45. The Morgan fingerprint density at radius 2 is 1.77 bits per heavy atom. The van der Waals surface area contributed by atoms with E-state index in [9.17, 15) is 4.79 Å². The first-order valence-corrected chi connectivity index (χ1v) is 10.4. The number of amides is 1. The van der Waals surface area contributed by atoms with E-state index < -0.39 is 0 Å². The smallest absolute Gasteiger partial charge is 0.253 e. The number of carbonyl (C=O) groups excluding carboxylic acids is 1. The summed E-state index contributed by atoms with van der Waals surface area (Å²) in [6, 6.07) is 16.5. The molecule has 6 heteroatoms. The standard InChI is InChI=1S/C24H25N3O3/c28-24-17-30-16-21-13-18(20-14-19-3-1-2-4-22(19)25-15-20)5-6-23(21)27(24)8-7-26-9-11-29-12-10-26/h1-6,13-15H,7-12,16-17H2. The van der Waals surface area contributed by atoms with Crippen molar-refractivity contribution in [2.45, 2.75) is 6.61 Å². The van der Waals surface area contributed by atoms with Gasteiger partial charge in [-0.05, 0) is 29.8 Å². The van der Waals surface area contributed by atoms with Crippen LogP contribution in [0, 0.1) is 0 Å². The zero-order valence-corrected chi connectivity index (χ0v) is 16.9. The van der Waals surface area contributed by atoms with Gasteiger partial charge in [0, 0.05) is 54.6 Å². The summed E-state index contributed by atoms with van der Waals surface area (Å²) in [5.41, 5.74) is 5.11. The molecule has 6 nitrogen and oxygen atoms in total. The van der Waals surface area contributed by atoms with Crippen molar-refractivity contribution < 1.29 is 14.3 Å². The summed E-state index contributed by atoms with van der Waals surface area (Å²) in [6.45, 7) is 5.40. The third-order valence-corrected chi connectivity index (χ3v) is 5.82. The van der Waals surface area contributed by atoms with E-state index in [1.807, 2.05) is 35.4 Å². The van der Waals surface area contributed by atoms with Gasteiger partial charge in [0.15, 0.2) is 0 Å². The summed E-state index contributed by atoms with van der Waals surface area (Å²) in [5.74, 6) is 0.0159. The minimum atomic E-state index is 0.0159. The number of para-hydroxylation sites is 1. The number of pyridine rings is 1. The largest absolute Gasteiger partial charge is 0.379 e. The first-order chi connectivity index (χ1) is 14.8. The maximum absolute atomic E-state index is 12.7. The van der Waals surface area contributed by atoms with Gasteiger partial charge >= 0.3 is 0 Å². The average molecular weight is 403 g/mol. The van der Waals surface area contributed by atoms with Crippen LogP contribution in [-0.2, 0) is 20.9 Å². The van der Waals surface area contributed by atoms with E-state index in [2.05, 4.69) is 34.1 Å². The lowest BCUT2D eigenvalue weighted by atomic mass is 10.0. The predicted molar refractivity (Wildman–Crippen MR) is 116 cm³/mol. The van der Waals surface area contributed by atoms with E-state index >= 15 is 0 Å². The number of hydrogen-bond acceptors (Lipinski definition) is 5. The van der Waals surface area contributed by atoms with Crippen molar-refractivity contribution in [3.63, 3.8) is 0 Å². The molecule has 30 heavy (non-hydrogen) atoms. The Bertz CT molecular complexity index is 1060. The van der Waals surface area contributed by atoms with Crippen LogP contribution < -0.4 is 4.90 Å². The fraction of sp³-hybridized carbons (Fsp3) is 0.333. The molecule has 5 rings (SSSR count). The zero-order valence-electron chi connectivity index (χ0n) is 16.9. The van der Waals surface area contributed by atoms with Crippen molar-refractivity contribution in [2.75, 3.05) is 50.9 Å². The molecule has 2 aliphatic heterocycles. The van der Waals surface area contributed by atoms with E-state index in [0.29, 0.717) is 13.2 Å². The Morgan fingerprint density at radius 1 is 0.900 bits per heavy atom. The summed E-state index contributed by atoms with van der Waals surface area (Å²) >= 11 is 0. The third kappa shape index (κ3) is 3.94. The number of morpholine rings is 1. The second-order valence-electron chi connectivity index (χ2n) is 7.75. The van der Waals surface area contributed by atoms with Crippen molar-refractivity contribution in [1.29, 1.82) is 0 Å². The van der Waals surface area contributed by atoms with Crippen LogP contribution >= 0.6 is 0 Å². The van der Waals surface area contributed by atoms with E-state index in [1.54, 1.807) is 0 Å². The minimum Gasteiger partial charge on any atom is -0.379 e. The zero-order chi connectivity index (χ0) is 20.3. The minimum absolute atomic E-state index is 0.0159. The van der Waals surface area contributed by atoms with Gasteiger partial charge in [0.25, 0.3) is 5.91 Å². The van der Waals surface area contributed by atoms with Gasteiger partial charge in [0.05, 0.1) is 25.3 Å². The first kappa shape index (κ1) is 19.2. The highest BCUT2D eigenvalue weighted by molar-refractivity contribution is 5.96. The van der Waals surface area contributed by atoms with E-state index in [0.717, 1.165) is 66.1 Å². The van der Waals surface area contributed by atoms with Crippen molar-refractivity contribution in [2.24, 2.45) is 0 Å². The first-order valence-electron chi connectivity index (χ1n) is 10.4. The van der Waals surface area contributed by atoms with Crippen LogP contribution in [0.4, 0.5) is 5.69 Å². The number of anilines is 1. The van der Waals surface area contributed by atoms with E-state index in [1.165, 1.54) is 0 Å². The molecule has 2 aliphatic rings. The monoisotopic (exact) mass is 403 g/mol. The van der Waals surface area contributed by atoms with Crippen molar-refractivity contribution in [3.8, 4) is 11.1 Å². The molecule has 3 aromatic rings. The molecular formula is C24H25N3O3. The lowest BCUT2D eigenvalue weighted by molar-refractivity contribution is -0.123. The molecule has 154 valence electrons. The lowest BCUT2D eigenvalue weighted by Crippen LogP contribution is -2.43. The molecule has 0 spiro atoms. The van der Waals surface area contributed by atoms with Crippen molar-refractivity contribution in [1.82, 2.24) is 9.88 Å². The summed E-state index contributed by atoms with van der Waals surface area (Å²) in [4.78, 5) is 21.5. The number of fused-ring (bicyclic) bond motifs is 2. The van der Waals surface area contributed by atoms with E-state index in [-0.39, 0.29) is 12.5 Å². The fourth-order valence-corrected chi connectivity index (χ4v) is 4.14. The summed E-state index contributed by atoms with van der Waals surface area (Å²) < 4.78 is 11.1.